The summed E-state index contributed by atoms with van der Waals surface area (Å²) < 4.78 is 0. The molecular formula is C14H18N2OS. The number of amides is 1. The van der Waals surface area contributed by atoms with Gasteiger partial charge in [0.25, 0.3) is 5.91 Å². The normalized spacial score (nSPS) is 18.6. The Bertz CT molecular complexity index is 510. The molecule has 0 aromatic carbocycles. The molecule has 3 nitrogen and oxygen atoms in total. The summed E-state index contributed by atoms with van der Waals surface area (Å²) in [5.74, 6) is 6.62. The first-order chi connectivity index (χ1) is 8.61. The molecule has 0 aliphatic carbocycles. The maximum atomic E-state index is 12.3. The van der Waals surface area contributed by atoms with Crippen molar-refractivity contribution in [1.82, 2.24) is 4.90 Å². The number of carbonyl (C=O) groups excluding carboxylic acids is 1. The summed E-state index contributed by atoms with van der Waals surface area (Å²) in [5, 5.41) is 0. The number of hydrogen-bond donors (Lipinski definition) is 1. The lowest BCUT2D eigenvalue weighted by molar-refractivity contribution is 0.0793. The zero-order valence-corrected chi connectivity index (χ0v) is 11.6. The van der Waals surface area contributed by atoms with E-state index in [9.17, 15) is 4.79 Å². The van der Waals surface area contributed by atoms with Gasteiger partial charge in [-0.15, -0.1) is 11.3 Å². The number of thiophene rings is 1. The highest BCUT2D eigenvalue weighted by Gasteiger charge is 2.25. The van der Waals surface area contributed by atoms with Gasteiger partial charge in [-0.05, 0) is 30.9 Å². The summed E-state index contributed by atoms with van der Waals surface area (Å²) in [6, 6.07) is 1.94. The molecule has 1 atom stereocenters. The van der Waals surface area contributed by atoms with Crippen molar-refractivity contribution in [3.05, 3.63) is 21.4 Å². The van der Waals surface area contributed by atoms with Crippen LogP contribution in [-0.2, 0) is 0 Å². The van der Waals surface area contributed by atoms with Crippen LogP contribution in [0, 0.1) is 24.7 Å². The number of nitrogens with two attached hydrogens (primary N) is 1. The van der Waals surface area contributed by atoms with Gasteiger partial charge in [-0.2, -0.15) is 0 Å². The van der Waals surface area contributed by atoms with Gasteiger partial charge in [0.2, 0.25) is 0 Å². The minimum atomic E-state index is 0.147. The zero-order chi connectivity index (χ0) is 13.1. The lowest BCUT2D eigenvalue weighted by Crippen LogP contribution is -2.27. The average molecular weight is 262 g/mol. The standard InChI is InChI=1S/C14H18N2OS/c1-10-5-7-16(9-10)14(17)13-8-11(2)12(18-13)4-3-6-15/h8,10H,5-7,9,15H2,1-2H3. The Balaban J connectivity index is 2.16. The molecule has 96 valence electrons. The fourth-order valence-corrected chi connectivity index (χ4v) is 3.13. The van der Waals surface area contributed by atoms with Gasteiger partial charge in [0.15, 0.2) is 0 Å². The van der Waals surface area contributed by atoms with E-state index in [1.165, 1.54) is 11.3 Å². The first-order valence-corrected chi connectivity index (χ1v) is 7.02. The molecule has 2 rings (SSSR count). The topological polar surface area (TPSA) is 46.3 Å². The molecule has 18 heavy (non-hydrogen) atoms. The van der Waals surface area contributed by atoms with E-state index >= 15 is 0 Å². The Kier molecular flexibility index (Phi) is 4.05. The number of nitrogens with zero attached hydrogens (tertiary/aromatic N) is 1. The number of rotatable bonds is 1. The molecule has 1 aromatic rings. The van der Waals surface area contributed by atoms with Gasteiger partial charge >= 0.3 is 0 Å². The Morgan fingerprint density at radius 2 is 2.44 bits per heavy atom. The summed E-state index contributed by atoms with van der Waals surface area (Å²) in [6.07, 6.45) is 1.11. The van der Waals surface area contributed by atoms with Gasteiger partial charge in [0.05, 0.1) is 16.3 Å². The van der Waals surface area contributed by atoms with E-state index in [-0.39, 0.29) is 5.91 Å². The molecule has 0 spiro atoms. The van der Waals surface area contributed by atoms with Crippen molar-refractivity contribution < 1.29 is 4.79 Å². The van der Waals surface area contributed by atoms with Crippen LogP contribution in [0.3, 0.4) is 0 Å². The fraction of sp³-hybridized carbons (Fsp3) is 0.500. The van der Waals surface area contributed by atoms with E-state index in [0.29, 0.717) is 12.5 Å². The molecule has 1 aromatic heterocycles. The van der Waals surface area contributed by atoms with Gasteiger partial charge in [0, 0.05) is 13.1 Å². The first kappa shape index (κ1) is 13.1. The molecule has 0 saturated carbocycles. The summed E-state index contributed by atoms with van der Waals surface area (Å²) >= 11 is 1.48. The molecular weight excluding hydrogens is 244 g/mol. The van der Waals surface area contributed by atoms with Gasteiger partial charge in [0.1, 0.15) is 0 Å². The average Bonchev–Trinajstić information content (AvgIpc) is 2.92. The van der Waals surface area contributed by atoms with Gasteiger partial charge in [-0.1, -0.05) is 18.8 Å². The van der Waals surface area contributed by atoms with Crippen LogP contribution in [0.15, 0.2) is 6.07 Å². The van der Waals surface area contributed by atoms with E-state index in [0.717, 1.165) is 34.8 Å². The molecule has 2 N–H and O–H groups in total. The monoisotopic (exact) mass is 262 g/mol. The van der Waals surface area contributed by atoms with Crippen molar-refractivity contribution in [2.24, 2.45) is 11.7 Å². The van der Waals surface area contributed by atoms with Crippen LogP contribution in [0.25, 0.3) is 0 Å². The van der Waals surface area contributed by atoms with Crippen molar-refractivity contribution in [1.29, 1.82) is 0 Å². The van der Waals surface area contributed by atoms with Crippen molar-refractivity contribution in [2.75, 3.05) is 19.6 Å². The number of carbonyl (C=O) groups is 1. The quantitative estimate of drug-likeness (QED) is 0.785. The van der Waals surface area contributed by atoms with Crippen molar-refractivity contribution in [2.45, 2.75) is 20.3 Å². The Morgan fingerprint density at radius 3 is 3.06 bits per heavy atom. The first-order valence-electron chi connectivity index (χ1n) is 6.20. The molecule has 1 fully saturated rings. The molecule has 1 saturated heterocycles. The van der Waals surface area contributed by atoms with Crippen LogP contribution in [-0.4, -0.2) is 30.4 Å². The molecule has 1 aliphatic rings. The fourth-order valence-electron chi connectivity index (χ4n) is 2.12. The molecule has 4 heteroatoms. The van der Waals surface area contributed by atoms with Crippen LogP contribution < -0.4 is 5.73 Å². The SMILES string of the molecule is Cc1cc(C(=O)N2CCC(C)C2)sc1C#CCN. The summed E-state index contributed by atoms with van der Waals surface area (Å²) in [5.41, 5.74) is 6.43. The van der Waals surface area contributed by atoms with Crippen LogP contribution in [0.4, 0.5) is 0 Å². The lowest BCUT2D eigenvalue weighted by atomic mass is 10.2. The third-order valence-electron chi connectivity index (χ3n) is 3.14. The largest absolute Gasteiger partial charge is 0.338 e. The summed E-state index contributed by atoms with van der Waals surface area (Å²) in [6.45, 7) is 6.27. The number of aryl methyl sites for hydroxylation is 1. The lowest BCUT2D eigenvalue weighted by Gasteiger charge is -2.14. The second kappa shape index (κ2) is 5.55. The predicted molar refractivity (Wildman–Crippen MR) is 74.7 cm³/mol. The highest BCUT2D eigenvalue weighted by atomic mass is 32.1. The highest BCUT2D eigenvalue weighted by Crippen LogP contribution is 2.25. The van der Waals surface area contributed by atoms with Crippen LogP contribution in [0.1, 0.15) is 33.5 Å². The molecule has 0 bridgehead atoms. The molecule has 0 radical (unpaired) electrons. The Hall–Kier alpha value is -1.31. The Labute approximate surface area is 112 Å². The van der Waals surface area contributed by atoms with E-state index in [4.69, 9.17) is 5.73 Å². The Morgan fingerprint density at radius 1 is 1.67 bits per heavy atom. The van der Waals surface area contributed by atoms with Crippen molar-refractivity contribution >= 4 is 17.2 Å². The number of likely N-dealkylation sites (tertiary alicyclic amines) is 1. The number of hydrogen-bond acceptors (Lipinski definition) is 3. The predicted octanol–water partition coefficient (Wildman–Crippen LogP) is 1.85. The van der Waals surface area contributed by atoms with Gasteiger partial charge in [-0.3, -0.25) is 4.79 Å². The zero-order valence-electron chi connectivity index (χ0n) is 10.8. The third kappa shape index (κ3) is 2.74. The van der Waals surface area contributed by atoms with Crippen LogP contribution >= 0.6 is 11.3 Å². The van der Waals surface area contributed by atoms with E-state index in [1.807, 2.05) is 17.9 Å². The minimum Gasteiger partial charge on any atom is -0.338 e. The molecule has 1 aliphatic heterocycles. The summed E-state index contributed by atoms with van der Waals surface area (Å²) in [4.78, 5) is 16.0. The van der Waals surface area contributed by atoms with Crippen LogP contribution in [0.5, 0.6) is 0 Å². The maximum absolute atomic E-state index is 12.3. The van der Waals surface area contributed by atoms with Gasteiger partial charge < -0.3 is 10.6 Å². The van der Waals surface area contributed by atoms with Crippen molar-refractivity contribution in [3.8, 4) is 11.8 Å². The van der Waals surface area contributed by atoms with Crippen molar-refractivity contribution in [3.63, 3.8) is 0 Å². The van der Waals surface area contributed by atoms with E-state index in [2.05, 4.69) is 18.8 Å². The molecule has 1 unspecified atom stereocenters. The van der Waals surface area contributed by atoms with Gasteiger partial charge in [-0.25, -0.2) is 0 Å². The van der Waals surface area contributed by atoms with Crippen LogP contribution in [0.2, 0.25) is 0 Å². The smallest absolute Gasteiger partial charge is 0.263 e. The highest BCUT2D eigenvalue weighted by molar-refractivity contribution is 7.14. The molecule has 1 amide bonds. The van der Waals surface area contributed by atoms with E-state index in [1.54, 1.807) is 0 Å². The third-order valence-corrected chi connectivity index (χ3v) is 4.28. The summed E-state index contributed by atoms with van der Waals surface area (Å²) in [7, 11) is 0. The maximum Gasteiger partial charge on any atom is 0.263 e. The minimum absolute atomic E-state index is 0.147. The second-order valence-electron chi connectivity index (χ2n) is 4.77. The van der Waals surface area contributed by atoms with E-state index < -0.39 is 0 Å². The second-order valence-corrected chi connectivity index (χ2v) is 5.83. The molecule has 2 heterocycles.